The third-order valence-corrected chi connectivity index (χ3v) is 7.45. The Morgan fingerprint density at radius 1 is 0.895 bits per heavy atom. The Kier molecular flexibility index (Phi) is 8.25. The van der Waals surface area contributed by atoms with Crippen molar-refractivity contribution in [3.05, 3.63) is 102 Å². The van der Waals surface area contributed by atoms with Gasteiger partial charge in [0.1, 0.15) is 0 Å². The zero-order valence-corrected chi connectivity index (χ0v) is 21.4. The summed E-state index contributed by atoms with van der Waals surface area (Å²) in [5.41, 5.74) is -0.542. The number of benzene rings is 4. The number of hydrogen-bond donors (Lipinski definition) is 2. The van der Waals surface area contributed by atoms with Crippen LogP contribution in [-0.2, 0) is 16.2 Å². The van der Waals surface area contributed by atoms with Crippen LogP contribution in [0, 0.1) is 0 Å². The van der Waals surface area contributed by atoms with Crippen LogP contribution in [0.5, 0.6) is 0 Å². The van der Waals surface area contributed by atoms with Crippen LogP contribution in [0.4, 0.5) is 29.3 Å². The fourth-order valence-corrected chi connectivity index (χ4v) is 5.40. The molecule has 0 saturated heterocycles. The molecule has 11 heteroatoms. The summed E-state index contributed by atoms with van der Waals surface area (Å²) in [6.07, 6.45) is -4.47. The van der Waals surface area contributed by atoms with Crippen molar-refractivity contribution in [2.45, 2.75) is 17.5 Å². The van der Waals surface area contributed by atoms with Gasteiger partial charge in [-0.25, -0.2) is 17.9 Å². The number of carbonyl (C=O) groups excluding carboxylic acids is 1. The molecular formula is C27H23ClF3N3O3S. The third-order valence-electron chi connectivity index (χ3n) is 5.70. The Morgan fingerprint density at radius 2 is 1.61 bits per heavy atom. The molecule has 4 rings (SSSR count). The van der Waals surface area contributed by atoms with Crippen LogP contribution >= 0.6 is 11.6 Å². The van der Waals surface area contributed by atoms with Crippen molar-refractivity contribution in [3.63, 3.8) is 0 Å². The van der Waals surface area contributed by atoms with Crippen molar-refractivity contribution >= 4 is 49.8 Å². The largest absolute Gasteiger partial charge is 0.416 e. The lowest BCUT2D eigenvalue weighted by molar-refractivity contribution is -0.137. The minimum Gasteiger partial charge on any atom is -0.307 e. The van der Waals surface area contributed by atoms with Crippen LogP contribution in [0.1, 0.15) is 12.0 Å². The summed E-state index contributed by atoms with van der Waals surface area (Å²) in [5.74, 6) is 0. The van der Waals surface area contributed by atoms with Gasteiger partial charge in [0, 0.05) is 34.9 Å². The first kappa shape index (κ1) is 27.4. The van der Waals surface area contributed by atoms with Crippen molar-refractivity contribution in [2.75, 3.05) is 23.3 Å². The number of halogens is 4. The molecule has 0 unspecified atom stereocenters. The molecule has 0 saturated carbocycles. The first-order valence-corrected chi connectivity index (χ1v) is 13.4. The molecule has 0 spiro atoms. The molecule has 6 nitrogen and oxygen atoms in total. The second-order valence-electron chi connectivity index (χ2n) is 8.37. The van der Waals surface area contributed by atoms with Gasteiger partial charge in [0.15, 0.2) is 0 Å². The Bertz CT molecular complexity index is 1560. The van der Waals surface area contributed by atoms with Gasteiger partial charge in [0.2, 0.25) is 10.0 Å². The maximum absolute atomic E-state index is 13.3. The molecule has 4 aromatic rings. The van der Waals surface area contributed by atoms with Gasteiger partial charge in [-0.3, -0.25) is 4.90 Å². The van der Waals surface area contributed by atoms with E-state index >= 15 is 0 Å². The highest BCUT2D eigenvalue weighted by atomic mass is 35.5. The molecule has 0 aromatic heterocycles. The summed E-state index contributed by atoms with van der Waals surface area (Å²) >= 11 is 5.97. The third kappa shape index (κ3) is 6.63. The molecule has 0 aliphatic rings. The molecule has 4 aromatic carbocycles. The second-order valence-corrected chi connectivity index (χ2v) is 10.5. The molecular weight excluding hydrogens is 539 g/mol. The van der Waals surface area contributed by atoms with Gasteiger partial charge in [-0.05, 0) is 54.3 Å². The van der Waals surface area contributed by atoms with Gasteiger partial charge in [0.05, 0.1) is 10.5 Å². The van der Waals surface area contributed by atoms with Gasteiger partial charge in [-0.1, -0.05) is 60.1 Å². The number of urea groups is 1. The van der Waals surface area contributed by atoms with Crippen molar-refractivity contribution in [3.8, 4) is 0 Å². The lowest BCUT2D eigenvalue weighted by Gasteiger charge is -2.24. The number of anilines is 2. The van der Waals surface area contributed by atoms with E-state index in [2.05, 4.69) is 10.0 Å². The molecule has 0 aliphatic carbocycles. The molecule has 0 heterocycles. The summed E-state index contributed by atoms with van der Waals surface area (Å²) in [7, 11) is -3.88. The maximum atomic E-state index is 13.3. The van der Waals surface area contributed by atoms with Crippen molar-refractivity contribution in [2.24, 2.45) is 0 Å². The second kappa shape index (κ2) is 11.4. The molecule has 0 atom stereocenters. The van der Waals surface area contributed by atoms with Gasteiger partial charge < -0.3 is 5.32 Å². The van der Waals surface area contributed by atoms with Crippen LogP contribution < -0.4 is 14.9 Å². The molecule has 38 heavy (non-hydrogen) atoms. The quantitative estimate of drug-likeness (QED) is 0.229. The number of fused-ring (bicyclic) bond motifs is 1. The summed E-state index contributed by atoms with van der Waals surface area (Å²) in [6, 6.07) is 22.0. The minimum atomic E-state index is -4.60. The topological polar surface area (TPSA) is 78.5 Å². The molecule has 0 bridgehead atoms. The molecule has 198 valence electrons. The number of nitrogens with one attached hydrogen (secondary N) is 2. The normalized spacial score (nSPS) is 11.9. The lowest BCUT2D eigenvalue weighted by Crippen LogP contribution is -2.37. The number of sulfonamides is 1. The average molecular weight is 562 g/mol. The highest BCUT2D eigenvalue weighted by Crippen LogP contribution is 2.32. The maximum Gasteiger partial charge on any atom is 0.416 e. The SMILES string of the molecule is O=C(Nc1cccc(Cl)c1)N(CCCNS(=O)(=O)c1cccc2ccccc12)c1cccc(C(F)(F)F)c1. The summed E-state index contributed by atoms with van der Waals surface area (Å²) in [5, 5.41) is 4.33. The highest BCUT2D eigenvalue weighted by Gasteiger charge is 2.31. The zero-order valence-electron chi connectivity index (χ0n) is 19.9. The van der Waals surface area contributed by atoms with E-state index in [1.165, 1.54) is 24.3 Å². The highest BCUT2D eigenvalue weighted by molar-refractivity contribution is 7.89. The van der Waals surface area contributed by atoms with Gasteiger partial charge in [-0.15, -0.1) is 0 Å². The van der Waals surface area contributed by atoms with E-state index in [1.807, 2.05) is 6.07 Å². The summed E-state index contributed by atoms with van der Waals surface area (Å²) in [6.45, 7) is -0.114. The van der Waals surface area contributed by atoms with E-state index in [9.17, 15) is 26.4 Å². The number of rotatable bonds is 8. The zero-order chi connectivity index (χ0) is 27.3. The van der Waals surface area contributed by atoms with Gasteiger partial charge in [0.25, 0.3) is 0 Å². The van der Waals surface area contributed by atoms with E-state index in [0.717, 1.165) is 22.4 Å². The lowest BCUT2D eigenvalue weighted by atomic mass is 10.1. The summed E-state index contributed by atoms with van der Waals surface area (Å²) in [4.78, 5) is 14.3. The van der Waals surface area contributed by atoms with E-state index in [0.29, 0.717) is 16.1 Å². The Morgan fingerprint density at radius 3 is 2.37 bits per heavy atom. The number of hydrogen-bond acceptors (Lipinski definition) is 3. The van der Waals surface area contributed by atoms with E-state index < -0.39 is 27.8 Å². The van der Waals surface area contributed by atoms with Crippen LogP contribution in [0.15, 0.2) is 95.9 Å². The standard InChI is InChI=1S/C27H23ClF3N3O3S/c28-21-10-5-11-22(18-21)33-26(35)34(23-12-4-9-20(17-23)27(29,30)31)16-6-15-32-38(36,37)25-14-3-8-19-7-1-2-13-24(19)25/h1-5,7-14,17-18,32H,6,15-16H2,(H,33,35). The molecule has 0 fully saturated rings. The number of carbonyl (C=O) groups is 1. The monoisotopic (exact) mass is 561 g/mol. The molecule has 2 N–H and O–H groups in total. The Hall–Kier alpha value is -3.60. The van der Waals surface area contributed by atoms with Crippen molar-refractivity contribution in [1.82, 2.24) is 4.72 Å². The van der Waals surface area contributed by atoms with E-state index in [4.69, 9.17) is 11.6 Å². The fourth-order valence-electron chi connectivity index (χ4n) is 3.91. The van der Waals surface area contributed by atoms with Gasteiger partial charge in [-0.2, -0.15) is 13.2 Å². The predicted molar refractivity (Wildman–Crippen MR) is 143 cm³/mol. The average Bonchev–Trinajstić information content (AvgIpc) is 2.88. The van der Waals surface area contributed by atoms with Crippen LogP contribution in [0.2, 0.25) is 5.02 Å². The van der Waals surface area contributed by atoms with Crippen molar-refractivity contribution in [1.29, 1.82) is 0 Å². The van der Waals surface area contributed by atoms with Crippen LogP contribution in [-0.4, -0.2) is 27.5 Å². The van der Waals surface area contributed by atoms with Crippen LogP contribution in [0.25, 0.3) is 10.8 Å². The number of nitrogens with zero attached hydrogens (tertiary/aromatic N) is 1. The van der Waals surface area contributed by atoms with E-state index in [1.54, 1.807) is 48.5 Å². The van der Waals surface area contributed by atoms with Crippen molar-refractivity contribution < 1.29 is 26.4 Å². The van der Waals surface area contributed by atoms with Gasteiger partial charge >= 0.3 is 12.2 Å². The van der Waals surface area contributed by atoms with E-state index in [-0.39, 0.29) is 30.1 Å². The molecule has 0 aliphatic heterocycles. The summed E-state index contributed by atoms with van der Waals surface area (Å²) < 4.78 is 68.5. The minimum absolute atomic E-state index is 0.0104. The molecule has 0 radical (unpaired) electrons. The predicted octanol–water partition coefficient (Wildman–Crippen LogP) is 6.92. The first-order chi connectivity index (χ1) is 18.0. The smallest absolute Gasteiger partial charge is 0.307 e. The van der Waals surface area contributed by atoms with Crippen LogP contribution in [0.3, 0.4) is 0 Å². The molecule has 2 amide bonds. The Balaban J connectivity index is 1.51. The fraction of sp³-hybridized carbons (Fsp3) is 0.148. The first-order valence-electron chi connectivity index (χ1n) is 11.5. The number of amides is 2. The number of alkyl halides is 3. The Labute approximate surface area is 223 Å².